The number of morpholine rings is 1. The van der Waals surface area contributed by atoms with Crippen LogP contribution in [0.2, 0.25) is 0 Å². The molecule has 1 aliphatic heterocycles. The molecular formula is C18H25IN8O2. The largest absolute Gasteiger partial charge is 0.461 e. The summed E-state index contributed by atoms with van der Waals surface area (Å²) in [6, 6.07) is 3.64. The molecule has 1 atom stereocenters. The van der Waals surface area contributed by atoms with Crippen LogP contribution in [0.15, 0.2) is 40.2 Å². The van der Waals surface area contributed by atoms with Gasteiger partial charge >= 0.3 is 0 Å². The van der Waals surface area contributed by atoms with Crippen LogP contribution in [0.1, 0.15) is 24.4 Å². The summed E-state index contributed by atoms with van der Waals surface area (Å²) in [5.74, 6) is 2.67. The van der Waals surface area contributed by atoms with Crippen molar-refractivity contribution in [2.24, 2.45) is 12.0 Å². The average Bonchev–Trinajstić information content (AvgIpc) is 3.46. The number of ether oxygens (including phenoxy) is 1. The quantitative estimate of drug-likeness (QED) is 0.306. The number of aryl methyl sites for hydroxylation is 1. The molecule has 1 unspecified atom stereocenters. The van der Waals surface area contributed by atoms with E-state index in [1.165, 1.54) is 0 Å². The number of guanidine groups is 1. The van der Waals surface area contributed by atoms with E-state index in [1.807, 2.05) is 31.6 Å². The molecule has 29 heavy (non-hydrogen) atoms. The predicted molar refractivity (Wildman–Crippen MR) is 118 cm³/mol. The first-order chi connectivity index (χ1) is 13.7. The number of furan rings is 1. The average molecular weight is 512 g/mol. The summed E-state index contributed by atoms with van der Waals surface area (Å²) >= 11 is 0. The van der Waals surface area contributed by atoms with Crippen LogP contribution >= 0.6 is 24.0 Å². The Kier molecular flexibility index (Phi) is 7.25. The molecule has 1 fully saturated rings. The number of H-pyrrole nitrogens is 1. The lowest BCUT2D eigenvalue weighted by atomic mass is 10.1. The van der Waals surface area contributed by atoms with E-state index in [1.54, 1.807) is 10.9 Å². The molecule has 3 aromatic rings. The maximum Gasteiger partial charge on any atom is 0.216 e. The Labute approximate surface area is 185 Å². The van der Waals surface area contributed by atoms with Crippen molar-refractivity contribution in [3.63, 3.8) is 0 Å². The molecule has 2 N–H and O–H groups in total. The number of hydrogen-bond acceptors (Lipinski definition) is 6. The van der Waals surface area contributed by atoms with Crippen molar-refractivity contribution >= 4 is 29.9 Å². The van der Waals surface area contributed by atoms with Crippen LogP contribution in [0.3, 0.4) is 0 Å². The van der Waals surface area contributed by atoms with E-state index >= 15 is 0 Å². The molecule has 0 aromatic carbocycles. The van der Waals surface area contributed by atoms with Gasteiger partial charge in [0.1, 0.15) is 18.5 Å². The van der Waals surface area contributed by atoms with Gasteiger partial charge in [0.2, 0.25) is 5.82 Å². The van der Waals surface area contributed by atoms with Gasteiger partial charge in [0.25, 0.3) is 0 Å². The van der Waals surface area contributed by atoms with Crippen molar-refractivity contribution in [2.75, 3.05) is 26.2 Å². The third-order valence-electron chi connectivity index (χ3n) is 4.45. The van der Waals surface area contributed by atoms with Crippen LogP contribution < -0.4 is 5.32 Å². The molecule has 0 bridgehead atoms. The molecule has 10 nitrogen and oxygen atoms in total. The summed E-state index contributed by atoms with van der Waals surface area (Å²) < 4.78 is 13.0. The second-order valence-electron chi connectivity index (χ2n) is 6.51. The fourth-order valence-corrected chi connectivity index (χ4v) is 3.11. The minimum Gasteiger partial charge on any atom is -0.461 e. The Morgan fingerprint density at radius 3 is 3.07 bits per heavy atom. The zero-order chi connectivity index (χ0) is 19.3. The van der Waals surface area contributed by atoms with Crippen molar-refractivity contribution in [2.45, 2.75) is 19.6 Å². The van der Waals surface area contributed by atoms with Crippen molar-refractivity contribution < 1.29 is 9.15 Å². The summed E-state index contributed by atoms with van der Waals surface area (Å²) in [5.41, 5.74) is 1.07. The Morgan fingerprint density at radius 2 is 2.34 bits per heavy atom. The molecular weight excluding hydrogens is 487 g/mol. The van der Waals surface area contributed by atoms with Gasteiger partial charge in [-0.2, -0.15) is 5.10 Å². The molecule has 0 radical (unpaired) electrons. The molecule has 3 aromatic heterocycles. The molecule has 1 saturated heterocycles. The molecule has 0 spiro atoms. The zero-order valence-corrected chi connectivity index (χ0v) is 18.7. The van der Waals surface area contributed by atoms with E-state index in [-0.39, 0.29) is 30.1 Å². The van der Waals surface area contributed by atoms with Gasteiger partial charge < -0.3 is 19.4 Å². The molecule has 4 rings (SSSR count). The summed E-state index contributed by atoms with van der Waals surface area (Å²) in [5, 5.41) is 14.7. The lowest BCUT2D eigenvalue weighted by Crippen LogP contribution is -2.48. The van der Waals surface area contributed by atoms with Gasteiger partial charge in [-0.3, -0.25) is 9.78 Å². The minimum absolute atomic E-state index is 0. The predicted octanol–water partition coefficient (Wildman–Crippen LogP) is 1.96. The number of nitrogens with zero attached hydrogens (tertiary/aromatic N) is 6. The number of hydrogen-bond donors (Lipinski definition) is 2. The summed E-state index contributed by atoms with van der Waals surface area (Å²) in [7, 11) is 1.91. The Balaban J connectivity index is 0.00000240. The number of aromatic amines is 1. The first-order valence-corrected chi connectivity index (χ1v) is 9.31. The highest BCUT2D eigenvalue weighted by atomic mass is 127. The van der Waals surface area contributed by atoms with E-state index < -0.39 is 0 Å². The van der Waals surface area contributed by atoms with Gasteiger partial charge in [-0.05, 0) is 19.1 Å². The van der Waals surface area contributed by atoms with Crippen molar-refractivity contribution in [3.05, 3.63) is 42.2 Å². The number of halogens is 1. The lowest BCUT2D eigenvalue weighted by Gasteiger charge is -2.34. The van der Waals surface area contributed by atoms with E-state index in [4.69, 9.17) is 14.1 Å². The van der Waals surface area contributed by atoms with Crippen LogP contribution in [0.4, 0.5) is 0 Å². The Morgan fingerprint density at radius 1 is 1.45 bits per heavy atom. The highest BCUT2D eigenvalue weighted by Crippen LogP contribution is 2.21. The number of nitrogens with one attached hydrogen (secondary N) is 2. The van der Waals surface area contributed by atoms with Crippen molar-refractivity contribution in [1.82, 2.24) is 35.2 Å². The van der Waals surface area contributed by atoms with Crippen molar-refractivity contribution in [1.29, 1.82) is 0 Å². The fourth-order valence-electron chi connectivity index (χ4n) is 3.11. The SMILES string of the molecule is CCNC(=NCc1nc(-c2ccco2)n[nH]1)N1CCOC(c2cnn(C)c2)C1.I. The van der Waals surface area contributed by atoms with Crippen LogP contribution in [0.5, 0.6) is 0 Å². The van der Waals surface area contributed by atoms with Gasteiger partial charge in [-0.25, -0.2) is 9.98 Å². The Bertz CT molecular complexity index is 920. The number of aromatic nitrogens is 5. The number of aliphatic imine (C=N–C) groups is 1. The third-order valence-corrected chi connectivity index (χ3v) is 4.45. The molecule has 0 amide bonds. The fraction of sp³-hybridized carbons (Fsp3) is 0.444. The Hall–Kier alpha value is -2.41. The van der Waals surface area contributed by atoms with E-state index in [9.17, 15) is 0 Å². The standard InChI is InChI=1S/C18H24N8O2.HI/c1-3-19-18(20-10-16-22-17(24-23-16)14-5-4-7-27-14)26-6-8-28-15(12-26)13-9-21-25(2)11-13;/h4-5,7,9,11,15H,3,6,8,10,12H2,1-2H3,(H,19,20)(H,22,23,24);1H. The van der Waals surface area contributed by atoms with Gasteiger partial charge in [-0.15, -0.1) is 29.1 Å². The lowest BCUT2D eigenvalue weighted by molar-refractivity contribution is -0.00805. The first-order valence-electron chi connectivity index (χ1n) is 9.31. The summed E-state index contributed by atoms with van der Waals surface area (Å²) in [4.78, 5) is 11.4. The highest BCUT2D eigenvalue weighted by Gasteiger charge is 2.25. The normalized spacial score (nSPS) is 17.2. The first kappa shape index (κ1) is 21.3. The van der Waals surface area contributed by atoms with Gasteiger partial charge in [-0.1, -0.05) is 0 Å². The molecule has 4 heterocycles. The molecule has 1 aliphatic rings. The smallest absolute Gasteiger partial charge is 0.216 e. The van der Waals surface area contributed by atoms with E-state index in [0.717, 1.165) is 24.6 Å². The molecule has 0 saturated carbocycles. The second-order valence-corrected chi connectivity index (χ2v) is 6.51. The topological polar surface area (TPSA) is 109 Å². The van der Waals surface area contributed by atoms with E-state index in [0.29, 0.717) is 37.1 Å². The molecule has 0 aliphatic carbocycles. The van der Waals surface area contributed by atoms with Gasteiger partial charge in [0.15, 0.2) is 11.7 Å². The number of rotatable bonds is 5. The maximum absolute atomic E-state index is 5.93. The molecule has 156 valence electrons. The van der Waals surface area contributed by atoms with Crippen LogP contribution in [0.25, 0.3) is 11.6 Å². The summed E-state index contributed by atoms with van der Waals surface area (Å²) in [6.45, 7) is 5.35. The van der Waals surface area contributed by atoms with Crippen molar-refractivity contribution in [3.8, 4) is 11.6 Å². The minimum atomic E-state index is -0.0258. The summed E-state index contributed by atoms with van der Waals surface area (Å²) in [6.07, 6.45) is 5.41. The van der Waals surface area contributed by atoms with E-state index in [2.05, 4.69) is 37.4 Å². The molecule has 11 heteroatoms. The van der Waals surface area contributed by atoms with Crippen LogP contribution in [0, 0.1) is 0 Å². The maximum atomic E-state index is 5.93. The monoisotopic (exact) mass is 512 g/mol. The van der Waals surface area contributed by atoms with Gasteiger partial charge in [0, 0.05) is 31.9 Å². The van der Waals surface area contributed by atoms with Crippen LogP contribution in [-0.2, 0) is 18.3 Å². The van der Waals surface area contributed by atoms with Crippen LogP contribution in [-0.4, -0.2) is 62.1 Å². The highest BCUT2D eigenvalue weighted by molar-refractivity contribution is 14.0. The van der Waals surface area contributed by atoms with Gasteiger partial charge in [0.05, 0.1) is 25.6 Å². The zero-order valence-electron chi connectivity index (χ0n) is 16.4. The second kappa shape index (κ2) is 9.87. The third kappa shape index (κ3) is 5.15.